The quantitative estimate of drug-likeness (QED) is 0.231. The first-order valence-corrected chi connectivity index (χ1v) is 11.7. The van der Waals surface area contributed by atoms with E-state index in [2.05, 4.69) is 25.8 Å². The molecule has 0 radical (unpaired) electrons. The lowest BCUT2D eigenvalue weighted by atomic mass is 10.0. The summed E-state index contributed by atoms with van der Waals surface area (Å²) in [6.07, 6.45) is 0.519. The molecule has 3 amide bonds. The van der Waals surface area contributed by atoms with E-state index >= 15 is 0 Å². The van der Waals surface area contributed by atoms with Crippen molar-refractivity contribution in [1.82, 2.24) is 25.8 Å². The Kier molecular flexibility index (Phi) is 7.23. The number of amides is 3. The molecule has 2 aromatic carbocycles. The van der Waals surface area contributed by atoms with E-state index in [0.29, 0.717) is 23.6 Å². The molecule has 0 bridgehead atoms. The number of rotatable bonds is 10. The molecule has 36 heavy (non-hydrogen) atoms. The lowest BCUT2D eigenvalue weighted by Gasteiger charge is -2.23. The fourth-order valence-electron chi connectivity index (χ4n) is 4.24. The van der Waals surface area contributed by atoms with E-state index in [4.69, 9.17) is 10.5 Å². The van der Waals surface area contributed by atoms with Crippen LogP contribution in [0.1, 0.15) is 36.5 Å². The Bertz CT molecular complexity index is 1410. The number of aromatic amines is 2. The minimum absolute atomic E-state index is 0.104. The Labute approximate surface area is 208 Å². The largest absolute Gasteiger partial charge is 0.496 e. The summed E-state index contributed by atoms with van der Waals surface area (Å²) in [5.74, 6) is -0.871. The lowest BCUT2D eigenvalue weighted by Crippen LogP contribution is -2.54. The van der Waals surface area contributed by atoms with Gasteiger partial charge in [-0.1, -0.05) is 38.1 Å². The van der Waals surface area contributed by atoms with Gasteiger partial charge in [0, 0.05) is 28.4 Å². The van der Waals surface area contributed by atoms with Gasteiger partial charge >= 0.3 is 0 Å². The summed E-state index contributed by atoms with van der Waals surface area (Å²) in [7, 11) is 1.56. The number of carbonyl (C=O) groups is 3. The normalized spacial score (nSPS) is 13.0. The van der Waals surface area contributed by atoms with Crippen LogP contribution in [0.15, 0.2) is 48.5 Å². The molecule has 4 aromatic rings. The summed E-state index contributed by atoms with van der Waals surface area (Å²) in [6.45, 7) is 3.89. The van der Waals surface area contributed by atoms with Crippen molar-refractivity contribution in [1.29, 1.82) is 0 Å². The van der Waals surface area contributed by atoms with Gasteiger partial charge in [-0.3, -0.25) is 19.5 Å². The number of primary amides is 1. The first-order chi connectivity index (χ1) is 17.3. The maximum atomic E-state index is 13.2. The SMILES string of the molecule is COc1cccc2[nH]c(C(=O)N[C@@H](CC(C)C)C(=O)NC(Cc3[nH]nc4ccccc34)C(N)=O)cc12. The summed E-state index contributed by atoms with van der Waals surface area (Å²) >= 11 is 0. The lowest BCUT2D eigenvalue weighted by molar-refractivity contribution is -0.128. The molecule has 0 aliphatic rings. The highest BCUT2D eigenvalue weighted by Crippen LogP contribution is 2.26. The van der Waals surface area contributed by atoms with Crippen LogP contribution in [0.3, 0.4) is 0 Å². The van der Waals surface area contributed by atoms with Crippen LogP contribution in [0.5, 0.6) is 5.75 Å². The van der Waals surface area contributed by atoms with Gasteiger partial charge in [-0.25, -0.2) is 0 Å². The summed E-state index contributed by atoms with van der Waals surface area (Å²) in [5, 5.41) is 14.3. The zero-order chi connectivity index (χ0) is 25.8. The topological polar surface area (TPSA) is 155 Å². The Morgan fingerprint density at radius 1 is 1.03 bits per heavy atom. The van der Waals surface area contributed by atoms with Crippen molar-refractivity contribution in [2.45, 2.75) is 38.8 Å². The molecule has 10 heteroatoms. The average Bonchev–Trinajstić information content (AvgIpc) is 3.47. The molecule has 0 spiro atoms. The predicted octanol–water partition coefficient (Wildman–Crippen LogP) is 2.41. The van der Waals surface area contributed by atoms with E-state index in [0.717, 1.165) is 21.8 Å². The van der Waals surface area contributed by atoms with Gasteiger partial charge in [0.2, 0.25) is 11.8 Å². The van der Waals surface area contributed by atoms with Crippen LogP contribution in [0.2, 0.25) is 0 Å². The van der Waals surface area contributed by atoms with E-state index in [1.807, 2.05) is 50.2 Å². The first kappa shape index (κ1) is 24.8. The Balaban J connectivity index is 1.51. The smallest absolute Gasteiger partial charge is 0.268 e. The van der Waals surface area contributed by atoms with Crippen molar-refractivity contribution in [2.75, 3.05) is 7.11 Å². The number of methoxy groups -OCH3 is 1. The van der Waals surface area contributed by atoms with E-state index in [1.54, 1.807) is 19.2 Å². The van der Waals surface area contributed by atoms with E-state index < -0.39 is 29.8 Å². The van der Waals surface area contributed by atoms with Gasteiger partial charge in [-0.15, -0.1) is 0 Å². The number of nitrogens with one attached hydrogen (secondary N) is 4. The highest BCUT2D eigenvalue weighted by molar-refractivity contribution is 6.01. The Morgan fingerprint density at radius 3 is 2.53 bits per heavy atom. The van der Waals surface area contributed by atoms with Gasteiger partial charge in [0.1, 0.15) is 23.5 Å². The molecule has 2 atom stereocenters. The van der Waals surface area contributed by atoms with Crippen molar-refractivity contribution < 1.29 is 19.1 Å². The molecule has 2 heterocycles. The molecule has 0 aliphatic carbocycles. The fourth-order valence-corrected chi connectivity index (χ4v) is 4.24. The maximum Gasteiger partial charge on any atom is 0.268 e. The summed E-state index contributed by atoms with van der Waals surface area (Å²) in [6, 6.07) is 12.8. The van der Waals surface area contributed by atoms with Gasteiger partial charge in [-0.05, 0) is 36.6 Å². The van der Waals surface area contributed by atoms with Crippen molar-refractivity contribution in [3.63, 3.8) is 0 Å². The molecular weight excluding hydrogens is 460 g/mol. The van der Waals surface area contributed by atoms with E-state index in [9.17, 15) is 14.4 Å². The van der Waals surface area contributed by atoms with Crippen molar-refractivity contribution in [3.05, 3.63) is 59.9 Å². The van der Waals surface area contributed by atoms with Crippen LogP contribution in [0, 0.1) is 5.92 Å². The maximum absolute atomic E-state index is 13.2. The molecule has 4 rings (SSSR count). The van der Waals surface area contributed by atoms with Crippen molar-refractivity contribution in [3.8, 4) is 5.75 Å². The van der Waals surface area contributed by atoms with Crippen LogP contribution in [0.4, 0.5) is 0 Å². The number of nitrogens with zero attached hydrogens (tertiary/aromatic N) is 1. The Morgan fingerprint density at radius 2 is 1.81 bits per heavy atom. The molecule has 0 aliphatic heterocycles. The zero-order valence-electron chi connectivity index (χ0n) is 20.4. The number of hydrogen-bond donors (Lipinski definition) is 5. The summed E-state index contributed by atoms with van der Waals surface area (Å²) < 4.78 is 5.36. The molecule has 1 unspecified atom stereocenters. The Hall–Kier alpha value is -4.34. The average molecular weight is 491 g/mol. The number of nitrogens with two attached hydrogens (primary N) is 1. The van der Waals surface area contributed by atoms with Crippen molar-refractivity contribution >= 4 is 39.5 Å². The van der Waals surface area contributed by atoms with Gasteiger partial charge in [0.25, 0.3) is 5.91 Å². The minimum Gasteiger partial charge on any atom is -0.496 e. The van der Waals surface area contributed by atoms with Crippen LogP contribution >= 0.6 is 0 Å². The molecule has 0 saturated carbocycles. The third-order valence-electron chi connectivity index (χ3n) is 6.03. The molecule has 6 N–H and O–H groups in total. The third-order valence-corrected chi connectivity index (χ3v) is 6.03. The third kappa shape index (κ3) is 5.32. The molecule has 188 valence electrons. The number of benzene rings is 2. The number of ether oxygens (including phenoxy) is 1. The number of fused-ring (bicyclic) bond motifs is 2. The highest BCUT2D eigenvalue weighted by atomic mass is 16.5. The van der Waals surface area contributed by atoms with Crippen LogP contribution in [-0.4, -0.2) is 52.1 Å². The van der Waals surface area contributed by atoms with Gasteiger partial charge in [0.15, 0.2) is 0 Å². The van der Waals surface area contributed by atoms with Gasteiger partial charge in [-0.2, -0.15) is 5.10 Å². The number of para-hydroxylation sites is 1. The van der Waals surface area contributed by atoms with E-state index in [-0.39, 0.29) is 12.3 Å². The van der Waals surface area contributed by atoms with Gasteiger partial charge < -0.3 is 26.1 Å². The molecule has 10 nitrogen and oxygen atoms in total. The number of H-pyrrole nitrogens is 2. The molecule has 0 saturated heterocycles. The molecular formula is C26H30N6O4. The summed E-state index contributed by atoms with van der Waals surface area (Å²) in [5.41, 5.74) is 8.09. The standard InChI is InChI=1S/C26H30N6O4/c1-14(2)11-21(30-26(35)22-12-16-17(28-22)9-6-10-23(16)36-3)25(34)29-20(24(27)33)13-19-15-7-4-5-8-18(15)31-32-19/h4-10,12,14,20-21,28H,11,13H2,1-3H3,(H2,27,33)(H,29,34)(H,30,35)(H,31,32)/t20?,21-/m0/s1. The second-order valence-corrected chi connectivity index (χ2v) is 9.15. The molecule has 2 aromatic heterocycles. The predicted molar refractivity (Wildman–Crippen MR) is 136 cm³/mol. The summed E-state index contributed by atoms with van der Waals surface area (Å²) in [4.78, 5) is 41.6. The van der Waals surface area contributed by atoms with Crippen molar-refractivity contribution in [2.24, 2.45) is 11.7 Å². The number of aromatic nitrogens is 3. The minimum atomic E-state index is -0.981. The first-order valence-electron chi connectivity index (χ1n) is 11.7. The number of carbonyl (C=O) groups excluding carboxylic acids is 3. The van der Waals surface area contributed by atoms with E-state index in [1.165, 1.54) is 0 Å². The highest BCUT2D eigenvalue weighted by Gasteiger charge is 2.28. The molecule has 0 fully saturated rings. The zero-order valence-corrected chi connectivity index (χ0v) is 20.4. The second-order valence-electron chi connectivity index (χ2n) is 9.15. The monoisotopic (exact) mass is 490 g/mol. The van der Waals surface area contributed by atoms with Crippen LogP contribution in [-0.2, 0) is 16.0 Å². The second kappa shape index (κ2) is 10.5. The van der Waals surface area contributed by atoms with Gasteiger partial charge in [0.05, 0.1) is 12.6 Å². The number of hydrogen-bond acceptors (Lipinski definition) is 5. The van der Waals surface area contributed by atoms with Crippen LogP contribution in [0.25, 0.3) is 21.8 Å². The van der Waals surface area contributed by atoms with Crippen LogP contribution < -0.4 is 21.1 Å². The fraction of sp³-hybridized carbons (Fsp3) is 0.308.